The largest absolute Gasteiger partial charge is 0.480 e. The first-order chi connectivity index (χ1) is 6.86. The summed E-state index contributed by atoms with van der Waals surface area (Å²) in [7, 11) is 1.91. The second-order valence-electron chi connectivity index (χ2n) is 4.77. The Hall–Kier alpha value is -0.570. The molecule has 0 bridgehead atoms. The van der Waals surface area contributed by atoms with Gasteiger partial charge in [-0.15, -0.1) is 0 Å². The molecule has 0 saturated heterocycles. The van der Waals surface area contributed by atoms with E-state index in [0.29, 0.717) is 0 Å². The van der Waals surface area contributed by atoms with Gasteiger partial charge in [-0.2, -0.15) is 0 Å². The van der Waals surface area contributed by atoms with Crippen molar-refractivity contribution in [2.75, 3.05) is 7.05 Å². The molecule has 0 aliphatic heterocycles. The van der Waals surface area contributed by atoms with Gasteiger partial charge in [-0.3, -0.25) is 9.69 Å². The van der Waals surface area contributed by atoms with Crippen molar-refractivity contribution < 1.29 is 9.90 Å². The van der Waals surface area contributed by atoms with Gasteiger partial charge >= 0.3 is 5.97 Å². The Balaban J connectivity index is 4.54. The van der Waals surface area contributed by atoms with E-state index in [4.69, 9.17) is 0 Å². The van der Waals surface area contributed by atoms with E-state index in [9.17, 15) is 9.90 Å². The van der Waals surface area contributed by atoms with Crippen molar-refractivity contribution in [2.24, 2.45) is 0 Å². The van der Waals surface area contributed by atoms with E-state index < -0.39 is 5.97 Å². The molecule has 0 amide bonds. The third-order valence-electron chi connectivity index (χ3n) is 3.40. The van der Waals surface area contributed by atoms with Crippen LogP contribution in [-0.2, 0) is 4.79 Å². The van der Waals surface area contributed by atoms with Gasteiger partial charge in [0.2, 0.25) is 0 Å². The van der Waals surface area contributed by atoms with E-state index in [2.05, 4.69) is 27.7 Å². The van der Waals surface area contributed by atoms with Crippen molar-refractivity contribution in [3.05, 3.63) is 0 Å². The van der Waals surface area contributed by atoms with Crippen molar-refractivity contribution in [1.82, 2.24) is 4.90 Å². The molecule has 3 heteroatoms. The zero-order valence-electron chi connectivity index (χ0n) is 10.7. The maximum atomic E-state index is 11.2. The van der Waals surface area contributed by atoms with Crippen molar-refractivity contribution in [3.63, 3.8) is 0 Å². The highest BCUT2D eigenvalue weighted by Gasteiger charge is 2.31. The van der Waals surface area contributed by atoms with Gasteiger partial charge in [0, 0.05) is 5.54 Å². The monoisotopic (exact) mass is 215 g/mol. The third-order valence-corrected chi connectivity index (χ3v) is 3.40. The molecule has 0 aromatic heterocycles. The first-order valence-electron chi connectivity index (χ1n) is 5.82. The van der Waals surface area contributed by atoms with Crippen LogP contribution in [0.1, 0.15) is 53.4 Å². The van der Waals surface area contributed by atoms with Gasteiger partial charge in [0.1, 0.15) is 6.04 Å². The lowest BCUT2D eigenvalue weighted by Crippen LogP contribution is -2.50. The fourth-order valence-corrected chi connectivity index (χ4v) is 1.55. The number of likely N-dealkylation sites (N-methyl/N-ethyl adjacent to an activating group) is 1. The molecule has 0 aromatic carbocycles. The molecule has 0 heterocycles. The van der Waals surface area contributed by atoms with Crippen LogP contribution in [0.4, 0.5) is 0 Å². The van der Waals surface area contributed by atoms with E-state index in [0.717, 1.165) is 25.7 Å². The summed E-state index contributed by atoms with van der Waals surface area (Å²) in [4.78, 5) is 13.2. The Morgan fingerprint density at radius 1 is 1.40 bits per heavy atom. The topological polar surface area (TPSA) is 40.5 Å². The van der Waals surface area contributed by atoms with Crippen molar-refractivity contribution in [2.45, 2.75) is 65.0 Å². The fourth-order valence-electron chi connectivity index (χ4n) is 1.55. The van der Waals surface area contributed by atoms with Gasteiger partial charge in [-0.1, -0.05) is 26.7 Å². The number of carboxylic acid groups (broad SMARTS) is 1. The highest BCUT2D eigenvalue weighted by Crippen LogP contribution is 2.21. The summed E-state index contributed by atoms with van der Waals surface area (Å²) in [6.07, 6.45) is 3.72. The summed E-state index contributed by atoms with van der Waals surface area (Å²) in [6, 6.07) is -0.347. The predicted molar refractivity (Wildman–Crippen MR) is 63.1 cm³/mol. The summed E-state index contributed by atoms with van der Waals surface area (Å²) in [5.41, 5.74) is -0.0448. The molecule has 1 unspecified atom stereocenters. The average Bonchev–Trinajstić information content (AvgIpc) is 2.17. The SMILES string of the molecule is CCCCC(C(=O)O)N(C)C(C)(C)CC. The zero-order valence-corrected chi connectivity index (χ0v) is 10.7. The highest BCUT2D eigenvalue weighted by molar-refractivity contribution is 5.73. The van der Waals surface area contributed by atoms with E-state index in [-0.39, 0.29) is 11.6 Å². The van der Waals surface area contributed by atoms with Gasteiger partial charge in [-0.25, -0.2) is 0 Å². The summed E-state index contributed by atoms with van der Waals surface area (Å²) >= 11 is 0. The summed E-state index contributed by atoms with van der Waals surface area (Å²) in [5.74, 6) is -0.701. The fraction of sp³-hybridized carbons (Fsp3) is 0.917. The summed E-state index contributed by atoms with van der Waals surface area (Å²) in [5, 5.41) is 9.19. The summed E-state index contributed by atoms with van der Waals surface area (Å²) in [6.45, 7) is 8.36. The van der Waals surface area contributed by atoms with Crippen LogP contribution in [0.15, 0.2) is 0 Å². The quantitative estimate of drug-likeness (QED) is 0.710. The van der Waals surface area contributed by atoms with Gasteiger partial charge in [0.05, 0.1) is 0 Å². The maximum absolute atomic E-state index is 11.2. The minimum atomic E-state index is -0.701. The standard InChI is InChI=1S/C12H25NO2/c1-6-8-9-10(11(14)15)13(5)12(3,4)7-2/h10H,6-9H2,1-5H3,(H,14,15). The molecule has 0 radical (unpaired) electrons. The lowest BCUT2D eigenvalue weighted by Gasteiger charge is -2.38. The summed E-state index contributed by atoms with van der Waals surface area (Å²) < 4.78 is 0. The van der Waals surface area contributed by atoms with Gasteiger partial charge in [0.25, 0.3) is 0 Å². The second kappa shape index (κ2) is 6.11. The number of rotatable bonds is 7. The lowest BCUT2D eigenvalue weighted by molar-refractivity contribution is -0.145. The number of nitrogens with zero attached hydrogens (tertiary/aromatic N) is 1. The molecule has 15 heavy (non-hydrogen) atoms. The molecule has 0 fully saturated rings. The van der Waals surface area contributed by atoms with Crippen LogP contribution in [0.5, 0.6) is 0 Å². The first kappa shape index (κ1) is 14.4. The predicted octanol–water partition coefficient (Wildman–Crippen LogP) is 2.75. The molecule has 0 saturated carbocycles. The number of hydrogen-bond donors (Lipinski definition) is 1. The highest BCUT2D eigenvalue weighted by atomic mass is 16.4. The molecule has 0 spiro atoms. The molecule has 1 N–H and O–H groups in total. The van der Waals surface area contributed by atoms with Gasteiger partial charge < -0.3 is 5.11 Å². The van der Waals surface area contributed by atoms with E-state index in [1.165, 1.54) is 0 Å². The maximum Gasteiger partial charge on any atom is 0.320 e. The van der Waals surface area contributed by atoms with Crippen molar-refractivity contribution >= 4 is 5.97 Å². The van der Waals surface area contributed by atoms with Gasteiger partial charge in [-0.05, 0) is 33.7 Å². The van der Waals surface area contributed by atoms with Crippen molar-refractivity contribution in [3.8, 4) is 0 Å². The van der Waals surface area contributed by atoms with Crippen LogP contribution in [0, 0.1) is 0 Å². The Kier molecular flexibility index (Phi) is 5.88. The molecule has 0 aromatic rings. The van der Waals surface area contributed by atoms with Crippen LogP contribution in [0.2, 0.25) is 0 Å². The molecule has 90 valence electrons. The van der Waals surface area contributed by atoms with Crippen LogP contribution in [0.25, 0.3) is 0 Å². The van der Waals surface area contributed by atoms with Crippen LogP contribution < -0.4 is 0 Å². The second-order valence-corrected chi connectivity index (χ2v) is 4.77. The number of unbranched alkanes of at least 4 members (excludes halogenated alkanes) is 1. The van der Waals surface area contributed by atoms with Crippen LogP contribution in [-0.4, -0.2) is 34.6 Å². The van der Waals surface area contributed by atoms with Crippen LogP contribution >= 0.6 is 0 Å². The minimum Gasteiger partial charge on any atom is -0.480 e. The van der Waals surface area contributed by atoms with E-state index in [1.54, 1.807) is 0 Å². The lowest BCUT2D eigenvalue weighted by atomic mass is 9.96. The number of hydrogen-bond acceptors (Lipinski definition) is 2. The Bertz CT molecular complexity index is 202. The Morgan fingerprint density at radius 3 is 2.27 bits per heavy atom. The minimum absolute atomic E-state index is 0.0448. The van der Waals surface area contributed by atoms with Gasteiger partial charge in [0.15, 0.2) is 0 Å². The normalized spacial score (nSPS) is 14.3. The smallest absolute Gasteiger partial charge is 0.320 e. The average molecular weight is 215 g/mol. The Morgan fingerprint density at radius 2 is 1.93 bits per heavy atom. The molecule has 1 atom stereocenters. The van der Waals surface area contributed by atoms with E-state index >= 15 is 0 Å². The zero-order chi connectivity index (χ0) is 12.1. The number of carbonyl (C=O) groups is 1. The molecule has 0 aliphatic carbocycles. The van der Waals surface area contributed by atoms with E-state index in [1.807, 2.05) is 11.9 Å². The number of carboxylic acids is 1. The number of aliphatic carboxylic acids is 1. The molecule has 3 nitrogen and oxygen atoms in total. The molecule has 0 rings (SSSR count). The molecular formula is C12H25NO2. The molecule has 0 aliphatic rings. The third kappa shape index (κ3) is 4.20. The van der Waals surface area contributed by atoms with Crippen molar-refractivity contribution in [1.29, 1.82) is 0 Å². The van der Waals surface area contributed by atoms with Crippen LogP contribution in [0.3, 0.4) is 0 Å². The Labute approximate surface area is 93.5 Å². The first-order valence-corrected chi connectivity index (χ1v) is 5.82. The molecular weight excluding hydrogens is 190 g/mol.